The van der Waals surface area contributed by atoms with Crippen LogP contribution in [0.5, 0.6) is 0 Å². The maximum atomic E-state index is 11.2. The van der Waals surface area contributed by atoms with Crippen LogP contribution < -0.4 is 0 Å². The summed E-state index contributed by atoms with van der Waals surface area (Å²) in [6.45, 7) is 5.96. The number of carbonyl (C=O) groups is 1. The van der Waals surface area contributed by atoms with Gasteiger partial charge in [0.05, 0.1) is 11.5 Å². The van der Waals surface area contributed by atoms with Gasteiger partial charge in [0, 0.05) is 0 Å². The Morgan fingerprint density at radius 2 is 1.75 bits per heavy atom. The highest BCUT2D eigenvalue weighted by molar-refractivity contribution is 5.71. The number of unbranched alkanes of at least 4 members (excludes halogenated alkanes) is 2. The molecule has 96 valence electrons. The van der Waals surface area contributed by atoms with Gasteiger partial charge >= 0.3 is 5.97 Å². The van der Waals surface area contributed by atoms with Gasteiger partial charge in [-0.3, -0.25) is 4.79 Å². The van der Waals surface area contributed by atoms with Crippen molar-refractivity contribution in [2.24, 2.45) is 5.92 Å². The summed E-state index contributed by atoms with van der Waals surface area (Å²) < 4.78 is 0. The molecule has 0 aliphatic carbocycles. The first-order chi connectivity index (χ1) is 7.51. The SMILES string of the molecule is CCCCC(C(=O)O)C(O)(CC)CCCC. The Morgan fingerprint density at radius 3 is 2.12 bits per heavy atom. The second-order valence-corrected chi connectivity index (χ2v) is 4.59. The first-order valence-electron chi connectivity index (χ1n) is 6.47. The first-order valence-corrected chi connectivity index (χ1v) is 6.47. The van der Waals surface area contributed by atoms with E-state index in [-0.39, 0.29) is 0 Å². The van der Waals surface area contributed by atoms with Crippen molar-refractivity contribution < 1.29 is 15.0 Å². The van der Waals surface area contributed by atoms with Crippen molar-refractivity contribution >= 4 is 5.97 Å². The van der Waals surface area contributed by atoms with Crippen molar-refractivity contribution in [3.63, 3.8) is 0 Å². The maximum Gasteiger partial charge on any atom is 0.309 e. The molecule has 2 N–H and O–H groups in total. The minimum Gasteiger partial charge on any atom is -0.481 e. The van der Waals surface area contributed by atoms with Crippen LogP contribution in [0.25, 0.3) is 0 Å². The summed E-state index contributed by atoms with van der Waals surface area (Å²) in [4.78, 5) is 11.2. The average Bonchev–Trinajstić information content (AvgIpc) is 2.26. The van der Waals surface area contributed by atoms with E-state index in [0.717, 1.165) is 25.7 Å². The summed E-state index contributed by atoms with van der Waals surface area (Å²) in [6.07, 6.45) is 5.42. The van der Waals surface area contributed by atoms with E-state index in [9.17, 15) is 15.0 Å². The second kappa shape index (κ2) is 7.66. The van der Waals surface area contributed by atoms with E-state index in [1.807, 2.05) is 13.8 Å². The van der Waals surface area contributed by atoms with E-state index in [0.29, 0.717) is 19.3 Å². The van der Waals surface area contributed by atoms with Gasteiger partial charge in [-0.15, -0.1) is 0 Å². The third-order valence-corrected chi connectivity index (χ3v) is 3.37. The van der Waals surface area contributed by atoms with Crippen LogP contribution in [-0.2, 0) is 4.79 Å². The average molecular weight is 230 g/mol. The predicted octanol–water partition coefficient (Wildman–Crippen LogP) is 3.21. The lowest BCUT2D eigenvalue weighted by molar-refractivity contribution is -0.154. The molecule has 16 heavy (non-hydrogen) atoms. The summed E-state index contributed by atoms with van der Waals surface area (Å²) in [6, 6.07) is 0. The van der Waals surface area contributed by atoms with Gasteiger partial charge < -0.3 is 10.2 Å². The van der Waals surface area contributed by atoms with Crippen LogP contribution in [0.15, 0.2) is 0 Å². The Hall–Kier alpha value is -0.570. The normalized spacial score (nSPS) is 16.8. The maximum absolute atomic E-state index is 11.2. The topological polar surface area (TPSA) is 57.5 Å². The van der Waals surface area contributed by atoms with E-state index in [4.69, 9.17) is 0 Å². The molecule has 0 rings (SSSR count). The Balaban J connectivity index is 4.60. The van der Waals surface area contributed by atoms with Gasteiger partial charge in [0.1, 0.15) is 0 Å². The van der Waals surface area contributed by atoms with Gasteiger partial charge in [-0.25, -0.2) is 0 Å². The molecular formula is C13H26O3. The number of hydrogen-bond donors (Lipinski definition) is 2. The zero-order chi connectivity index (χ0) is 12.6. The number of carboxylic acids is 1. The van der Waals surface area contributed by atoms with Crippen LogP contribution in [0.1, 0.15) is 65.7 Å². The van der Waals surface area contributed by atoms with Gasteiger partial charge in [0.2, 0.25) is 0 Å². The summed E-state index contributed by atoms with van der Waals surface area (Å²) in [5.41, 5.74) is -1.02. The van der Waals surface area contributed by atoms with Crippen molar-refractivity contribution in [2.75, 3.05) is 0 Å². The number of hydrogen-bond acceptors (Lipinski definition) is 2. The van der Waals surface area contributed by atoms with E-state index < -0.39 is 17.5 Å². The molecule has 0 aliphatic rings. The van der Waals surface area contributed by atoms with Crippen LogP contribution in [0, 0.1) is 5.92 Å². The van der Waals surface area contributed by atoms with Crippen molar-refractivity contribution in [3.8, 4) is 0 Å². The fraction of sp³-hybridized carbons (Fsp3) is 0.923. The Morgan fingerprint density at radius 1 is 1.19 bits per heavy atom. The van der Waals surface area contributed by atoms with E-state index in [2.05, 4.69) is 6.92 Å². The smallest absolute Gasteiger partial charge is 0.309 e. The van der Waals surface area contributed by atoms with Gasteiger partial charge in [-0.05, 0) is 19.3 Å². The standard InChI is InChI=1S/C13H26O3/c1-4-7-9-11(12(14)15)13(16,6-3)10-8-5-2/h11,16H,4-10H2,1-3H3,(H,14,15). The molecule has 0 spiro atoms. The zero-order valence-corrected chi connectivity index (χ0v) is 10.8. The lowest BCUT2D eigenvalue weighted by Crippen LogP contribution is -2.42. The third-order valence-electron chi connectivity index (χ3n) is 3.37. The van der Waals surface area contributed by atoms with E-state index in [1.54, 1.807) is 0 Å². The van der Waals surface area contributed by atoms with Gasteiger partial charge in [-0.1, -0.05) is 46.5 Å². The molecule has 0 radical (unpaired) electrons. The molecule has 0 amide bonds. The molecule has 3 heteroatoms. The van der Waals surface area contributed by atoms with Crippen molar-refractivity contribution in [1.82, 2.24) is 0 Å². The summed E-state index contributed by atoms with van der Waals surface area (Å²) in [7, 11) is 0. The number of aliphatic hydroxyl groups is 1. The number of carboxylic acid groups (broad SMARTS) is 1. The molecular weight excluding hydrogens is 204 g/mol. The molecule has 0 fully saturated rings. The predicted molar refractivity (Wildman–Crippen MR) is 65.4 cm³/mol. The minimum atomic E-state index is -1.02. The van der Waals surface area contributed by atoms with E-state index >= 15 is 0 Å². The molecule has 0 aromatic rings. The van der Waals surface area contributed by atoms with Crippen LogP contribution in [0.4, 0.5) is 0 Å². The lowest BCUT2D eigenvalue weighted by Gasteiger charge is -2.33. The minimum absolute atomic E-state index is 0.522. The van der Waals surface area contributed by atoms with E-state index in [1.165, 1.54) is 0 Å². The fourth-order valence-corrected chi connectivity index (χ4v) is 2.11. The zero-order valence-electron chi connectivity index (χ0n) is 10.8. The highest BCUT2D eigenvalue weighted by atomic mass is 16.4. The van der Waals surface area contributed by atoms with Crippen LogP contribution in [0.2, 0.25) is 0 Å². The van der Waals surface area contributed by atoms with Gasteiger partial charge in [0.15, 0.2) is 0 Å². The second-order valence-electron chi connectivity index (χ2n) is 4.59. The van der Waals surface area contributed by atoms with Crippen molar-refractivity contribution in [3.05, 3.63) is 0 Å². The number of rotatable bonds is 9. The van der Waals surface area contributed by atoms with Crippen LogP contribution in [0.3, 0.4) is 0 Å². The van der Waals surface area contributed by atoms with Crippen LogP contribution >= 0.6 is 0 Å². The molecule has 0 aliphatic heterocycles. The Kier molecular flexibility index (Phi) is 7.39. The summed E-state index contributed by atoms with van der Waals surface area (Å²) in [5.74, 6) is -1.46. The molecule has 2 atom stereocenters. The molecule has 0 saturated carbocycles. The molecule has 3 nitrogen and oxygen atoms in total. The monoisotopic (exact) mass is 230 g/mol. The largest absolute Gasteiger partial charge is 0.481 e. The summed E-state index contributed by atoms with van der Waals surface area (Å²) >= 11 is 0. The highest BCUT2D eigenvalue weighted by Gasteiger charge is 2.38. The van der Waals surface area contributed by atoms with Crippen molar-refractivity contribution in [1.29, 1.82) is 0 Å². The molecule has 2 unspecified atom stereocenters. The van der Waals surface area contributed by atoms with Gasteiger partial charge in [0.25, 0.3) is 0 Å². The highest BCUT2D eigenvalue weighted by Crippen LogP contribution is 2.31. The third kappa shape index (κ3) is 4.52. The molecule has 0 bridgehead atoms. The molecule has 0 heterocycles. The first kappa shape index (κ1) is 15.4. The molecule has 0 aromatic carbocycles. The molecule has 0 aromatic heterocycles. The summed E-state index contributed by atoms with van der Waals surface area (Å²) in [5, 5.41) is 19.6. The Labute approximate surface area is 98.9 Å². The van der Waals surface area contributed by atoms with Gasteiger partial charge in [-0.2, -0.15) is 0 Å². The van der Waals surface area contributed by atoms with Crippen molar-refractivity contribution in [2.45, 2.75) is 71.3 Å². The lowest BCUT2D eigenvalue weighted by atomic mass is 9.78. The quantitative estimate of drug-likeness (QED) is 0.639. The van der Waals surface area contributed by atoms with Crippen LogP contribution in [-0.4, -0.2) is 21.8 Å². The fourth-order valence-electron chi connectivity index (χ4n) is 2.11. The molecule has 0 saturated heterocycles. The number of aliphatic carboxylic acids is 1. The Bertz CT molecular complexity index is 203.